The summed E-state index contributed by atoms with van der Waals surface area (Å²) in [7, 11) is 0. The molecule has 2 heterocycles. The van der Waals surface area contributed by atoms with Crippen LogP contribution in [0.25, 0.3) is 0 Å². The Labute approximate surface area is 293 Å². The maximum atomic E-state index is 13.7. The predicted molar refractivity (Wildman–Crippen MR) is 169 cm³/mol. The second-order valence-corrected chi connectivity index (χ2v) is 16.6. The van der Waals surface area contributed by atoms with Crippen molar-refractivity contribution in [3.63, 3.8) is 0 Å². The number of esters is 1. The molecule has 0 aliphatic carbocycles. The predicted octanol–water partition coefficient (Wildman–Crippen LogP) is 0.885. The van der Waals surface area contributed by atoms with Crippen molar-refractivity contribution in [2.75, 3.05) is 26.4 Å². The summed E-state index contributed by atoms with van der Waals surface area (Å²) >= 11 is 6.64. The van der Waals surface area contributed by atoms with Crippen LogP contribution in [-0.4, -0.2) is 105 Å². The van der Waals surface area contributed by atoms with Gasteiger partial charge in [-0.15, -0.1) is 10.1 Å². The third kappa shape index (κ3) is 12.9. The van der Waals surface area contributed by atoms with Crippen LogP contribution in [0.4, 0.5) is 0 Å². The molecule has 0 saturated carbocycles. The molecule has 19 heteroatoms. The first kappa shape index (κ1) is 40.7. The van der Waals surface area contributed by atoms with Gasteiger partial charge in [-0.25, -0.2) is 9.59 Å². The van der Waals surface area contributed by atoms with Gasteiger partial charge in [-0.05, 0) is 41.0 Å². The van der Waals surface area contributed by atoms with Crippen LogP contribution in [0.2, 0.25) is 0 Å². The lowest BCUT2D eigenvalue weighted by atomic mass is 9.90. The molecule has 0 spiro atoms. The van der Waals surface area contributed by atoms with Crippen molar-refractivity contribution < 1.29 is 62.3 Å². The highest BCUT2D eigenvalue weighted by molar-refractivity contribution is 9.10. The van der Waals surface area contributed by atoms with Crippen LogP contribution in [0, 0.1) is 5.41 Å². The molecular weight excluding hydrogens is 772 g/mol. The average molecular weight is 812 g/mol. The fourth-order valence-electron chi connectivity index (χ4n) is 3.97. The van der Waals surface area contributed by atoms with E-state index in [2.05, 4.69) is 42.5 Å². The number of nitrogens with one attached hydrogen (secondary N) is 2. The Bertz CT molecular complexity index is 1280. The molecule has 2 aliphatic rings. The van der Waals surface area contributed by atoms with Gasteiger partial charge in [0.1, 0.15) is 22.4 Å². The number of carbonyl (C=O) groups is 9. The Morgan fingerprint density at radius 1 is 0.750 bits per heavy atom. The van der Waals surface area contributed by atoms with E-state index < -0.39 is 92.9 Å². The van der Waals surface area contributed by atoms with Crippen molar-refractivity contribution in [2.45, 2.75) is 94.3 Å². The summed E-state index contributed by atoms with van der Waals surface area (Å²) in [6, 6.07) is -1.44. The van der Waals surface area contributed by atoms with E-state index in [0.717, 1.165) is 0 Å². The lowest BCUT2D eigenvalue weighted by molar-refractivity contribution is -0.197. The Kier molecular flexibility index (Phi) is 14.7. The maximum absolute atomic E-state index is 13.7. The third-order valence-electron chi connectivity index (χ3n) is 6.71. The van der Waals surface area contributed by atoms with Gasteiger partial charge in [-0.3, -0.25) is 33.6 Å². The Morgan fingerprint density at radius 3 is 1.69 bits per heavy atom. The molecule has 48 heavy (non-hydrogen) atoms. The van der Waals surface area contributed by atoms with Crippen molar-refractivity contribution in [3.8, 4) is 0 Å². The number of carbonyl (C=O) groups excluding carboxylic acids is 9. The number of imide groups is 2. The normalized spacial score (nSPS) is 17.1. The topological polar surface area (TPSA) is 221 Å². The quantitative estimate of drug-likeness (QED) is 0.112. The first-order chi connectivity index (χ1) is 22.1. The van der Waals surface area contributed by atoms with Crippen LogP contribution in [0.15, 0.2) is 0 Å². The van der Waals surface area contributed by atoms with E-state index in [1.165, 1.54) is 6.92 Å². The molecule has 0 aromatic carbocycles. The monoisotopic (exact) mass is 810 g/mol. The summed E-state index contributed by atoms with van der Waals surface area (Å²) in [4.78, 5) is 121. The number of hydrogen-bond acceptors (Lipinski definition) is 13. The van der Waals surface area contributed by atoms with Gasteiger partial charge >= 0.3 is 17.9 Å². The molecule has 17 nitrogen and oxygen atoms in total. The fourth-order valence-corrected chi connectivity index (χ4v) is 4.25. The zero-order chi connectivity index (χ0) is 36.4. The van der Waals surface area contributed by atoms with Gasteiger partial charge in [-0.1, -0.05) is 31.9 Å². The minimum Gasteiger partial charge on any atom is -0.463 e. The van der Waals surface area contributed by atoms with E-state index in [4.69, 9.17) is 19.1 Å². The summed E-state index contributed by atoms with van der Waals surface area (Å²) < 4.78 is 9.59. The smallest absolute Gasteiger partial charge is 0.334 e. The van der Waals surface area contributed by atoms with E-state index >= 15 is 0 Å². The van der Waals surface area contributed by atoms with Gasteiger partial charge in [0.05, 0.1) is 26.1 Å². The first-order valence-corrected chi connectivity index (χ1v) is 16.6. The molecule has 0 aromatic heterocycles. The molecule has 2 saturated heterocycles. The summed E-state index contributed by atoms with van der Waals surface area (Å²) in [5, 5.41) is 5.65. The SMILES string of the molecule is CC(C)(Br)COCC(C)(COC(=O)C(C)(C)Br)C(=O)NC(CCC(=O)ON1C(=O)CCC1=O)C(=O)NCCC(=O)ON1C(=O)CCC1=O. The van der Waals surface area contributed by atoms with Crippen LogP contribution < -0.4 is 10.6 Å². The molecule has 0 radical (unpaired) electrons. The molecule has 268 valence electrons. The number of ether oxygens (including phenoxy) is 2. The van der Waals surface area contributed by atoms with E-state index in [9.17, 15) is 43.2 Å². The molecular formula is C29H40Br2N4O13. The lowest BCUT2D eigenvalue weighted by Crippen LogP contribution is -2.54. The molecule has 0 bridgehead atoms. The summed E-state index contributed by atoms with van der Waals surface area (Å²) in [5.41, 5.74) is -1.54. The molecule has 2 rings (SSSR count). The van der Waals surface area contributed by atoms with Crippen molar-refractivity contribution in [1.29, 1.82) is 0 Å². The fraction of sp³-hybridized carbons (Fsp3) is 0.690. The summed E-state index contributed by atoms with van der Waals surface area (Å²) in [5.74, 6) is -7.11. The average Bonchev–Trinajstić information content (AvgIpc) is 3.46. The van der Waals surface area contributed by atoms with Gasteiger partial charge in [0.2, 0.25) is 11.8 Å². The van der Waals surface area contributed by atoms with Gasteiger partial charge in [0.25, 0.3) is 23.6 Å². The minimum atomic E-state index is -1.54. The number of nitrogens with zero attached hydrogens (tertiary/aromatic N) is 2. The number of amides is 6. The molecule has 2 unspecified atom stereocenters. The van der Waals surface area contributed by atoms with Gasteiger partial charge in [-0.2, -0.15) is 0 Å². The molecule has 2 atom stereocenters. The first-order valence-electron chi connectivity index (χ1n) is 15.0. The van der Waals surface area contributed by atoms with Crippen LogP contribution in [0.1, 0.15) is 79.6 Å². The van der Waals surface area contributed by atoms with Gasteiger partial charge in [0.15, 0.2) is 0 Å². The van der Waals surface area contributed by atoms with E-state index in [0.29, 0.717) is 10.1 Å². The molecule has 6 amide bonds. The number of hydrogen-bond donors (Lipinski definition) is 2. The third-order valence-corrected chi connectivity index (χ3v) is 7.26. The summed E-state index contributed by atoms with van der Waals surface area (Å²) in [6.45, 7) is 7.31. The Morgan fingerprint density at radius 2 is 1.23 bits per heavy atom. The zero-order valence-electron chi connectivity index (χ0n) is 27.3. The van der Waals surface area contributed by atoms with Crippen molar-refractivity contribution in [1.82, 2.24) is 20.8 Å². The van der Waals surface area contributed by atoms with E-state index in [1.807, 2.05) is 13.8 Å². The highest BCUT2D eigenvalue weighted by Crippen LogP contribution is 2.25. The molecule has 2 N–H and O–H groups in total. The van der Waals surface area contributed by atoms with Crippen molar-refractivity contribution in [2.24, 2.45) is 5.41 Å². The van der Waals surface area contributed by atoms with Crippen LogP contribution in [0.5, 0.6) is 0 Å². The van der Waals surface area contributed by atoms with Gasteiger partial charge in [0, 0.05) is 36.6 Å². The largest absolute Gasteiger partial charge is 0.463 e. The number of alkyl halides is 2. The van der Waals surface area contributed by atoms with E-state index in [1.54, 1.807) is 13.8 Å². The van der Waals surface area contributed by atoms with Crippen LogP contribution >= 0.6 is 31.9 Å². The van der Waals surface area contributed by atoms with E-state index in [-0.39, 0.29) is 51.9 Å². The van der Waals surface area contributed by atoms with Crippen LogP contribution in [0.3, 0.4) is 0 Å². The number of hydroxylamine groups is 4. The second-order valence-electron chi connectivity index (χ2n) is 12.5. The number of halogens is 2. The lowest BCUT2D eigenvalue weighted by Gasteiger charge is -2.31. The van der Waals surface area contributed by atoms with Crippen molar-refractivity contribution in [3.05, 3.63) is 0 Å². The molecule has 0 aromatic rings. The van der Waals surface area contributed by atoms with Crippen molar-refractivity contribution >= 4 is 85.2 Å². The highest BCUT2D eigenvalue weighted by atomic mass is 79.9. The molecule has 2 aliphatic heterocycles. The Balaban J connectivity index is 2.17. The standard InChI is InChI=1S/C29H40Br2N4O13/c1-27(2,30)14-45-15-29(5,16-46-26(44)28(3,4)31)25(43)33-17(6-11-22(40)47-34-18(36)7-8-19(34)37)24(42)32-13-12-23(41)48-35-20(38)9-10-21(35)39/h17H,6-16H2,1-5H3,(H,32,42)(H,33,43). The maximum Gasteiger partial charge on any atom is 0.334 e. The Hall–Kier alpha value is -3.45. The van der Waals surface area contributed by atoms with Gasteiger partial charge < -0.3 is 29.8 Å². The zero-order valence-corrected chi connectivity index (χ0v) is 30.5. The highest BCUT2D eigenvalue weighted by Gasteiger charge is 2.40. The number of rotatable bonds is 18. The second kappa shape index (κ2) is 17.3. The molecule has 2 fully saturated rings. The summed E-state index contributed by atoms with van der Waals surface area (Å²) in [6.07, 6.45) is -1.83. The minimum absolute atomic E-state index is 0.0996. The van der Waals surface area contributed by atoms with Crippen LogP contribution in [-0.2, 0) is 62.3 Å².